The zero-order valence-corrected chi connectivity index (χ0v) is 22.6. The Morgan fingerprint density at radius 2 is 1.50 bits per heavy atom. The Morgan fingerprint density at radius 1 is 0.875 bits per heavy atom. The molecule has 4 nitrogen and oxygen atoms in total. The van der Waals surface area contributed by atoms with Gasteiger partial charge in [-0.15, -0.1) is 8.86 Å². The molecule has 0 N–H and O–H groups in total. The molecule has 0 amide bonds. The lowest BCUT2D eigenvalue weighted by molar-refractivity contribution is -0.368. The summed E-state index contributed by atoms with van der Waals surface area (Å²) >= 11 is 0. The lowest BCUT2D eigenvalue weighted by Crippen LogP contribution is -2.61. The van der Waals surface area contributed by atoms with Gasteiger partial charge in [-0.3, -0.25) is 0 Å². The molecule has 4 rings (SSSR count). The van der Waals surface area contributed by atoms with Gasteiger partial charge in [0.25, 0.3) is 0 Å². The molecule has 0 bridgehead atoms. The fraction of sp³-hybridized carbons (Fsp3) is 0.963. The molecule has 0 radical (unpaired) electrons. The molecular formula is C27H47O4P. The molecule has 184 valence electrons. The van der Waals surface area contributed by atoms with E-state index in [9.17, 15) is 0 Å². The van der Waals surface area contributed by atoms with Gasteiger partial charge in [0.05, 0.1) is 36.1 Å². The zero-order chi connectivity index (χ0) is 23.4. The Kier molecular flexibility index (Phi) is 7.24. The van der Waals surface area contributed by atoms with Gasteiger partial charge in [0.2, 0.25) is 0 Å². The van der Waals surface area contributed by atoms with E-state index in [4.69, 9.17) is 18.9 Å². The maximum atomic E-state index is 6.93. The van der Waals surface area contributed by atoms with Crippen LogP contribution in [0.15, 0.2) is 0 Å². The van der Waals surface area contributed by atoms with Crippen molar-refractivity contribution in [2.24, 2.45) is 29.6 Å². The molecule has 0 unspecified atom stereocenters. The molecule has 4 saturated heterocycles. The first kappa shape index (κ1) is 25.1. The van der Waals surface area contributed by atoms with Crippen molar-refractivity contribution in [1.82, 2.24) is 0 Å². The number of hydrogen-bond donors (Lipinski definition) is 0. The SMILES string of the molecule is CC(=P)C[C@H]1O[C@@H]2[C@H](C[C@H]1C)O[C@@]1(C[C@@H]2C)C[C@H](C)[C@@H]2O[C@](CC(C)C)(C(C)C)C[C@@H]2O1. The number of rotatable bonds is 5. The van der Waals surface area contributed by atoms with Crippen molar-refractivity contribution in [2.75, 3.05) is 0 Å². The van der Waals surface area contributed by atoms with Gasteiger partial charge in [0, 0.05) is 19.3 Å². The van der Waals surface area contributed by atoms with Gasteiger partial charge in [0.1, 0.15) is 0 Å². The summed E-state index contributed by atoms with van der Waals surface area (Å²) < 4.78 is 27.3. The summed E-state index contributed by atoms with van der Waals surface area (Å²) in [5.74, 6) is 1.95. The molecular weight excluding hydrogens is 419 g/mol. The third-order valence-electron chi connectivity index (χ3n) is 8.65. The quantitative estimate of drug-likeness (QED) is 0.447. The lowest BCUT2D eigenvalue weighted by Gasteiger charge is -2.55. The first-order chi connectivity index (χ1) is 14.9. The molecule has 1 spiro atoms. The predicted octanol–water partition coefficient (Wildman–Crippen LogP) is 6.28. The van der Waals surface area contributed by atoms with Gasteiger partial charge in [-0.2, -0.15) is 0 Å². The fourth-order valence-corrected chi connectivity index (χ4v) is 7.39. The molecule has 32 heavy (non-hydrogen) atoms. The van der Waals surface area contributed by atoms with Crippen LogP contribution in [0.4, 0.5) is 0 Å². The van der Waals surface area contributed by atoms with Crippen molar-refractivity contribution in [3.63, 3.8) is 0 Å². The highest BCUT2D eigenvalue weighted by Gasteiger charge is 2.60. The summed E-state index contributed by atoms with van der Waals surface area (Å²) in [5.41, 5.74) is -0.0777. The third-order valence-corrected chi connectivity index (χ3v) is 8.86. The van der Waals surface area contributed by atoms with Crippen molar-refractivity contribution in [1.29, 1.82) is 0 Å². The van der Waals surface area contributed by atoms with E-state index in [1.165, 1.54) is 5.29 Å². The first-order valence-electron chi connectivity index (χ1n) is 13.2. The summed E-state index contributed by atoms with van der Waals surface area (Å²) in [7, 11) is 3.69. The molecule has 4 fully saturated rings. The number of fused-ring (bicyclic) bond motifs is 2. The molecule has 4 aliphatic rings. The molecule has 5 heteroatoms. The van der Waals surface area contributed by atoms with E-state index in [-0.39, 0.29) is 36.1 Å². The topological polar surface area (TPSA) is 36.9 Å². The zero-order valence-electron chi connectivity index (χ0n) is 21.6. The average molecular weight is 467 g/mol. The fourth-order valence-electron chi connectivity index (χ4n) is 7.18. The normalized spacial score (nSPS) is 48.8. The minimum Gasteiger partial charge on any atom is -0.371 e. The molecule has 0 aliphatic carbocycles. The smallest absolute Gasteiger partial charge is 0.169 e. The van der Waals surface area contributed by atoms with Crippen LogP contribution in [0.25, 0.3) is 0 Å². The average Bonchev–Trinajstić information content (AvgIpc) is 3.01. The van der Waals surface area contributed by atoms with Crippen LogP contribution < -0.4 is 0 Å². The minimum atomic E-state index is -0.484. The second-order valence-corrected chi connectivity index (χ2v) is 13.4. The molecule has 0 aromatic rings. The van der Waals surface area contributed by atoms with E-state index in [1.54, 1.807) is 0 Å². The highest BCUT2D eigenvalue weighted by molar-refractivity contribution is 7.20. The van der Waals surface area contributed by atoms with Gasteiger partial charge >= 0.3 is 0 Å². The Hall–Kier alpha value is 0.01000. The van der Waals surface area contributed by atoms with Crippen LogP contribution in [0.3, 0.4) is 0 Å². The molecule has 4 heterocycles. The van der Waals surface area contributed by atoms with Crippen LogP contribution in [-0.2, 0) is 18.9 Å². The highest BCUT2D eigenvalue weighted by atomic mass is 31.0. The lowest BCUT2D eigenvalue weighted by atomic mass is 9.76. The summed E-state index contributed by atoms with van der Waals surface area (Å²) in [6.07, 6.45) is 6.81. The van der Waals surface area contributed by atoms with E-state index >= 15 is 0 Å². The van der Waals surface area contributed by atoms with Crippen LogP contribution in [-0.4, -0.2) is 47.2 Å². The highest BCUT2D eigenvalue weighted by Crippen LogP contribution is 2.53. The Balaban J connectivity index is 1.50. The Morgan fingerprint density at radius 3 is 2.09 bits per heavy atom. The maximum Gasteiger partial charge on any atom is 0.169 e. The van der Waals surface area contributed by atoms with Crippen LogP contribution in [0.1, 0.15) is 93.9 Å². The van der Waals surface area contributed by atoms with Crippen molar-refractivity contribution in [3.8, 4) is 0 Å². The molecule has 0 aromatic heterocycles. The third kappa shape index (κ3) is 4.74. The summed E-state index contributed by atoms with van der Waals surface area (Å²) in [4.78, 5) is 0. The van der Waals surface area contributed by atoms with Gasteiger partial charge in [0.15, 0.2) is 5.79 Å². The number of ether oxygens (including phenoxy) is 4. The van der Waals surface area contributed by atoms with Crippen LogP contribution in [0.2, 0.25) is 0 Å². The van der Waals surface area contributed by atoms with Crippen molar-refractivity contribution in [2.45, 2.75) is 136 Å². The van der Waals surface area contributed by atoms with Crippen LogP contribution in [0, 0.1) is 29.6 Å². The summed E-state index contributed by atoms with van der Waals surface area (Å²) in [6.45, 7) is 18.3. The van der Waals surface area contributed by atoms with E-state index < -0.39 is 5.79 Å². The molecule has 0 aromatic carbocycles. The first-order valence-corrected chi connectivity index (χ1v) is 13.7. The Labute approximate surface area is 198 Å². The van der Waals surface area contributed by atoms with Crippen LogP contribution in [0.5, 0.6) is 0 Å². The standard InChI is InChI=1S/C27H47O4P/c1-15(2)11-26(16(3)4)14-23-25(31-26)19(7)13-27(30-23)12-18(6)24-22(29-27)9-17(5)21(28-24)10-20(8)32/h15-19,21-25,32H,9-14H2,1-8H3/t17-,18+,19+,21-,22+,23+,24+,25+,26+,27-/m1/s1. The minimum absolute atomic E-state index is 0.0777. The molecule has 10 atom stereocenters. The largest absolute Gasteiger partial charge is 0.371 e. The maximum absolute atomic E-state index is 6.93. The van der Waals surface area contributed by atoms with E-state index in [0.717, 1.165) is 38.5 Å². The van der Waals surface area contributed by atoms with Crippen molar-refractivity contribution < 1.29 is 18.9 Å². The van der Waals surface area contributed by atoms with Crippen LogP contribution >= 0.6 is 8.86 Å². The van der Waals surface area contributed by atoms with Gasteiger partial charge in [-0.25, -0.2) is 0 Å². The second-order valence-electron chi connectivity index (χ2n) is 12.5. The van der Waals surface area contributed by atoms with Gasteiger partial charge in [-0.05, 0) is 55.8 Å². The molecule has 0 saturated carbocycles. The summed E-state index contributed by atoms with van der Waals surface area (Å²) in [6, 6.07) is 0. The number of hydrogen-bond acceptors (Lipinski definition) is 4. The monoisotopic (exact) mass is 466 g/mol. The van der Waals surface area contributed by atoms with E-state index in [1.807, 2.05) is 0 Å². The Bertz CT molecular complexity index is 695. The second kappa shape index (κ2) is 9.23. The van der Waals surface area contributed by atoms with E-state index in [0.29, 0.717) is 29.6 Å². The molecule has 4 aliphatic heterocycles. The van der Waals surface area contributed by atoms with Gasteiger partial charge in [-0.1, -0.05) is 53.8 Å². The predicted molar refractivity (Wildman–Crippen MR) is 133 cm³/mol. The van der Waals surface area contributed by atoms with Gasteiger partial charge < -0.3 is 18.9 Å². The van der Waals surface area contributed by atoms with Crippen molar-refractivity contribution >= 4 is 14.2 Å². The summed E-state index contributed by atoms with van der Waals surface area (Å²) in [5, 5.41) is 1.26. The van der Waals surface area contributed by atoms with Crippen molar-refractivity contribution in [3.05, 3.63) is 0 Å². The van der Waals surface area contributed by atoms with E-state index in [2.05, 4.69) is 64.3 Å².